The van der Waals surface area contributed by atoms with Gasteiger partial charge in [0.1, 0.15) is 6.04 Å². The fourth-order valence-electron chi connectivity index (χ4n) is 2.41. The molecule has 2 amide bonds. The van der Waals surface area contributed by atoms with Crippen LogP contribution in [-0.4, -0.2) is 37.0 Å². The number of carbonyl (C=O) groups excluding carboxylic acids is 2. The molecule has 22 heavy (non-hydrogen) atoms. The second-order valence-electron chi connectivity index (χ2n) is 5.71. The zero-order valence-electron chi connectivity index (χ0n) is 12.9. The van der Waals surface area contributed by atoms with E-state index in [1.54, 1.807) is 6.07 Å². The van der Waals surface area contributed by atoms with Gasteiger partial charge in [-0.3, -0.25) is 9.59 Å². The summed E-state index contributed by atoms with van der Waals surface area (Å²) in [5.41, 5.74) is 0. The number of rotatable bonds is 5. The molecule has 1 aromatic rings. The highest BCUT2D eigenvalue weighted by Crippen LogP contribution is 2.11. The van der Waals surface area contributed by atoms with Crippen LogP contribution in [0.25, 0.3) is 0 Å². The van der Waals surface area contributed by atoms with Crippen LogP contribution < -0.4 is 16.0 Å². The average Bonchev–Trinajstić information content (AvgIpc) is 2.99. The summed E-state index contributed by atoms with van der Waals surface area (Å²) in [6.45, 7) is 5.75. The van der Waals surface area contributed by atoms with Crippen molar-refractivity contribution in [3.05, 3.63) is 22.4 Å². The number of halogens is 1. The first-order valence-electron chi connectivity index (χ1n) is 7.43. The zero-order chi connectivity index (χ0) is 15.2. The Hall–Kier alpha value is -1.11. The molecular formula is C15H24ClN3O2S. The first kappa shape index (κ1) is 18.9. The van der Waals surface area contributed by atoms with Crippen LogP contribution in [0.2, 0.25) is 0 Å². The molecular weight excluding hydrogens is 322 g/mol. The predicted molar refractivity (Wildman–Crippen MR) is 91.7 cm³/mol. The minimum atomic E-state index is -0.491. The summed E-state index contributed by atoms with van der Waals surface area (Å²) in [6, 6.07) is 3.31. The van der Waals surface area contributed by atoms with E-state index in [4.69, 9.17) is 0 Å². The lowest BCUT2D eigenvalue weighted by Gasteiger charge is -2.28. The third-order valence-electron chi connectivity index (χ3n) is 3.67. The van der Waals surface area contributed by atoms with E-state index in [9.17, 15) is 9.59 Å². The van der Waals surface area contributed by atoms with Gasteiger partial charge in [-0.15, -0.1) is 23.7 Å². The second-order valence-corrected chi connectivity index (χ2v) is 6.65. The molecule has 5 nitrogen and oxygen atoms in total. The highest BCUT2D eigenvalue weighted by atomic mass is 35.5. The Morgan fingerprint density at radius 2 is 2.00 bits per heavy atom. The summed E-state index contributed by atoms with van der Waals surface area (Å²) in [6.07, 6.45) is 1.88. The number of amides is 2. The maximum Gasteiger partial charge on any atom is 0.262 e. The summed E-state index contributed by atoms with van der Waals surface area (Å²) < 4.78 is 0. The monoisotopic (exact) mass is 345 g/mol. The Morgan fingerprint density at radius 1 is 1.32 bits per heavy atom. The Kier molecular flexibility index (Phi) is 7.85. The summed E-state index contributed by atoms with van der Waals surface area (Å²) in [4.78, 5) is 25.2. The van der Waals surface area contributed by atoms with E-state index in [0.29, 0.717) is 4.88 Å². The molecule has 2 heterocycles. The van der Waals surface area contributed by atoms with Gasteiger partial charge in [0.2, 0.25) is 5.91 Å². The highest BCUT2D eigenvalue weighted by Gasteiger charge is 2.27. The summed E-state index contributed by atoms with van der Waals surface area (Å²) in [7, 11) is 0. The molecule has 1 atom stereocenters. The molecule has 3 N–H and O–H groups in total. The molecule has 1 fully saturated rings. The van der Waals surface area contributed by atoms with Gasteiger partial charge in [-0.1, -0.05) is 19.9 Å². The third-order valence-corrected chi connectivity index (χ3v) is 4.53. The van der Waals surface area contributed by atoms with E-state index in [1.807, 2.05) is 25.3 Å². The van der Waals surface area contributed by atoms with Crippen molar-refractivity contribution < 1.29 is 9.59 Å². The molecule has 0 radical (unpaired) electrons. The largest absolute Gasteiger partial charge is 0.351 e. The van der Waals surface area contributed by atoms with E-state index in [2.05, 4.69) is 16.0 Å². The van der Waals surface area contributed by atoms with Crippen molar-refractivity contribution in [3.8, 4) is 0 Å². The van der Waals surface area contributed by atoms with Gasteiger partial charge in [0.25, 0.3) is 5.91 Å². The molecule has 7 heteroatoms. The molecule has 1 unspecified atom stereocenters. The molecule has 0 spiro atoms. The summed E-state index contributed by atoms with van der Waals surface area (Å²) >= 11 is 1.38. The number of hydrogen-bond acceptors (Lipinski definition) is 4. The van der Waals surface area contributed by atoms with Crippen LogP contribution in [-0.2, 0) is 4.79 Å². The highest BCUT2D eigenvalue weighted by molar-refractivity contribution is 7.12. The number of piperidine rings is 1. The summed E-state index contributed by atoms with van der Waals surface area (Å²) in [5.74, 6) is -0.207. The normalized spacial score (nSPS) is 16.7. The zero-order valence-corrected chi connectivity index (χ0v) is 14.6. The smallest absolute Gasteiger partial charge is 0.262 e. The van der Waals surface area contributed by atoms with Crippen molar-refractivity contribution in [2.24, 2.45) is 5.92 Å². The number of carbonyl (C=O) groups is 2. The molecule has 124 valence electrons. The van der Waals surface area contributed by atoms with Crippen molar-refractivity contribution in [2.45, 2.75) is 38.8 Å². The van der Waals surface area contributed by atoms with Gasteiger partial charge in [-0.05, 0) is 43.3 Å². The van der Waals surface area contributed by atoms with Gasteiger partial charge in [-0.2, -0.15) is 0 Å². The van der Waals surface area contributed by atoms with E-state index in [-0.39, 0.29) is 36.2 Å². The molecule has 1 aliphatic rings. The van der Waals surface area contributed by atoms with Gasteiger partial charge in [0.05, 0.1) is 4.88 Å². The molecule has 1 aromatic heterocycles. The first-order chi connectivity index (χ1) is 10.1. The molecule has 0 aliphatic carbocycles. The maximum absolute atomic E-state index is 12.4. The molecule has 0 bridgehead atoms. The molecule has 0 saturated carbocycles. The van der Waals surface area contributed by atoms with Crippen LogP contribution in [0.15, 0.2) is 17.5 Å². The lowest BCUT2D eigenvalue weighted by molar-refractivity contribution is -0.124. The Morgan fingerprint density at radius 3 is 2.55 bits per heavy atom. The quantitative estimate of drug-likeness (QED) is 0.762. The predicted octanol–water partition coefficient (Wildman–Crippen LogP) is 1.79. The lowest BCUT2D eigenvalue weighted by atomic mass is 10.0. The second kappa shape index (κ2) is 9.12. The Balaban J connectivity index is 0.00000242. The van der Waals surface area contributed by atoms with E-state index in [0.717, 1.165) is 25.9 Å². The van der Waals surface area contributed by atoms with Crippen molar-refractivity contribution in [2.75, 3.05) is 13.1 Å². The van der Waals surface area contributed by atoms with Crippen LogP contribution in [0, 0.1) is 5.92 Å². The Labute approximate surface area is 141 Å². The maximum atomic E-state index is 12.4. The fraction of sp³-hybridized carbons (Fsp3) is 0.600. The van der Waals surface area contributed by atoms with Gasteiger partial charge < -0.3 is 16.0 Å². The van der Waals surface area contributed by atoms with Crippen molar-refractivity contribution in [1.29, 1.82) is 0 Å². The van der Waals surface area contributed by atoms with Gasteiger partial charge >= 0.3 is 0 Å². The van der Waals surface area contributed by atoms with E-state index >= 15 is 0 Å². The third kappa shape index (κ3) is 5.26. The minimum Gasteiger partial charge on any atom is -0.351 e. The average molecular weight is 346 g/mol. The van der Waals surface area contributed by atoms with E-state index < -0.39 is 6.04 Å². The van der Waals surface area contributed by atoms with Crippen LogP contribution >= 0.6 is 23.7 Å². The SMILES string of the molecule is CC(C)C(NC(=O)c1cccs1)C(=O)NC1CCNCC1.Cl. The molecule has 2 rings (SSSR count). The van der Waals surface area contributed by atoms with Crippen molar-refractivity contribution >= 4 is 35.6 Å². The van der Waals surface area contributed by atoms with Gasteiger partial charge in [0.15, 0.2) is 0 Å². The van der Waals surface area contributed by atoms with Crippen LogP contribution in [0.1, 0.15) is 36.4 Å². The van der Waals surface area contributed by atoms with E-state index in [1.165, 1.54) is 11.3 Å². The van der Waals surface area contributed by atoms with Crippen molar-refractivity contribution in [3.63, 3.8) is 0 Å². The van der Waals surface area contributed by atoms with Gasteiger partial charge in [0, 0.05) is 6.04 Å². The fourth-order valence-corrected chi connectivity index (χ4v) is 3.04. The van der Waals surface area contributed by atoms with Crippen LogP contribution in [0.5, 0.6) is 0 Å². The summed E-state index contributed by atoms with van der Waals surface area (Å²) in [5, 5.41) is 11.0. The number of thiophene rings is 1. The first-order valence-corrected chi connectivity index (χ1v) is 8.31. The van der Waals surface area contributed by atoms with Crippen LogP contribution in [0.4, 0.5) is 0 Å². The molecule has 0 aromatic carbocycles. The van der Waals surface area contributed by atoms with Gasteiger partial charge in [-0.25, -0.2) is 0 Å². The number of hydrogen-bond donors (Lipinski definition) is 3. The number of nitrogens with one attached hydrogen (secondary N) is 3. The minimum absolute atomic E-state index is 0. The lowest BCUT2D eigenvalue weighted by Crippen LogP contribution is -2.53. The van der Waals surface area contributed by atoms with Crippen molar-refractivity contribution in [1.82, 2.24) is 16.0 Å². The molecule has 1 aliphatic heterocycles. The topological polar surface area (TPSA) is 70.2 Å². The van der Waals surface area contributed by atoms with Crippen LogP contribution in [0.3, 0.4) is 0 Å². The Bertz CT molecular complexity index is 473. The molecule has 1 saturated heterocycles. The standard InChI is InChI=1S/C15H23N3O2S.ClH/c1-10(2)13(18-14(19)12-4-3-9-21-12)15(20)17-11-5-7-16-8-6-11;/h3-4,9-11,13,16H,5-8H2,1-2H3,(H,17,20)(H,18,19);1H.